The minimum absolute atomic E-state index is 0.106. The smallest absolute Gasteiger partial charge is 0.407 e. The molecule has 1 aliphatic carbocycles. The molecule has 8 nitrogen and oxygen atoms in total. The van der Waals surface area contributed by atoms with E-state index in [0.29, 0.717) is 25.2 Å². The van der Waals surface area contributed by atoms with Crippen LogP contribution < -0.4 is 5.32 Å². The number of allylic oxidation sites excluding steroid dienone is 1. The molecule has 0 aromatic heterocycles. The van der Waals surface area contributed by atoms with Gasteiger partial charge in [0.2, 0.25) is 0 Å². The molecule has 0 fully saturated rings. The molecule has 0 bridgehead atoms. The Bertz CT molecular complexity index is 1360. The van der Waals surface area contributed by atoms with Gasteiger partial charge in [-0.3, -0.25) is 9.59 Å². The molecule has 2 atom stereocenters. The van der Waals surface area contributed by atoms with E-state index in [1.165, 1.54) is 24.6 Å². The minimum Gasteiger partial charge on any atom is -0.466 e. The maximum Gasteiger partial charge on any atom is 0.407 e. The molecule has 268 valence electrons. The molecule has 1 aliphatic rings. The summed E-state index contributed by atoms with van der Waals surface area (Å²) < 4.78 is 16.9. The van der Waals surface area contributed by atoms with Crippen LogP contribution in [0.2, 0.25) is 25.7 Å². The minimum atomic E-state index is -1.39. The Morgan fingerprint density at radius 1 is 0.898 bits per heavy atom. The molecule has 0 saturated carbocycles. The lowest BCUT2D eigenvalue weighted by Crippen LogP contribution is -2.43. The molecule has 0 radical (unpaired) electrons. The number of alkyl carbamates (subject to hydrolysis) is 1. The second kappa shape index (κ2) is 21.0. The molecular formula is C39H55NO7SSi. The van der Waals surface area contributed by atoms with Gasteiger partial charge in [0.05, 0.1) is 13.0 Å². The number of thioether (sulfide) groups is 1. The van der Waals surface area contributed by atoms with Crippen molar-refractivity contribution in [3.05, 3.63) is 71.8 Å². The zero-order chi connectivity index (χ0) is 35.6. The number of carbonyl (C=O) groups excluding carboxylic acids is 4. The van der Waals surface area contributed by atoms with Gasteiger partial charge in [0.1, 0.15) is 18.8 Å². The van der Waals surface area contributed by atoms with Crippen molar-refractivity contribution in [2.45, 2.75) is 115 Å². The summed E-state index contributed by atoms with van der Waals surface area (Å²) in [5.41, 5.74) is 4.45. The van der Waals surface area contributed by atoms with Crippen molar-refractivity contribution in [3.63, 3.8) is 0 Å². The van der Waals surface area contributed by atoms with Crippen molar-refractivity contribution < 1.29 is 33.4 Å². The Morgan fingerprint density at radius 2 is 1.55 bits per heavy atom. The average Bonchev–Trinajstić information content (AvgIpc) is 3.38. The highest BCUT2D eigenvalue weighted by molar-refractivity contribution is 8.13. The fourth-order valence-corrected chi connectivity index (χ4v) is 7.10. The molecule has 1 N–H and O–H groups in total. The van der Waals surface area contributed by atoms with Crippen LogP contribution in [-0.4, -0.2) is 62.3 Å². The third kappa shape index (κ3) is 14.2. The van der Waals surface area contributed by atoms with Crippen molar-refractivity contribution in [2.75, 3.05) is 19.0 Å². The van der Waals surface area contributed by atoms with Crippen molar-refractivity contribution in [3.8, 4) is 11.1 Å². The predicted octanol–water partition coefficient (Wildman–Crippen LogP) is 9.05. The summed E-state index contributed by atoms with van der Waals surface area (Å²) in [5, 5.41) is 2.84. The summed E-state index contributed by atoms with van der Waals surface area (Å²) >= 11 is 1.31. The first-order valence-electron chi connectivity index (χ1n) is 17.8. The van der Waals surface area contributed by atoms with Crippen LogP contribution in [0.3, 0.4) is 0 Å². The van der Waals surface area contributed by atoms with E-state index in [2.05, 4.69) is 44.0 Å². The molecule has 0 aliphatic heterocycles. The van der Waals surface area contributed by atoms with Gasteiger partial charge in [-0.2, -0.15) is 0 Å². The van der Waals surface area contributed by atoms with Gasteiger partial charge < -0.3 is 19.5 Å². The van der Waals surface area contributed by atoms with Crippen molar-refractivity contribution in [2.24, 2.45) is 0 Å². The Labute approximate surface area is 298 Å². The van der Waals surface area contributed by atoms with Crippen LogP contribution in [0.5, 0.6) is 0 Å². The Morgan fingerprint density at radius 3 is 2.18 bits per heavy atom. The van der Waals surface area contributed by atoms with E-state index < -0.39 is 38.3 Å². The average molecular weight is 710 g/mol. The van der Waals surface area contributed by atoms with Crippen LogP contribution in [0.15, 0.2) is 60.7 Å². The highest BCUT2D eigenvalue weighted by atomic mass is 32.2. The number of amides is 1. The number of unbranched alkanes of at least 4 members (excludes halogenated alkanes) is 4. The van der Waals surface area contributed by atoms with E-state index >= 15 is 0 Å². The zero-order valence-electron chi connectivity index (χ0n) is 30.0. The molecule has 1 amide bonds. The van der Waals surface area contributed by atoms with Crippen molar-refractivity contribution in [1.29, 1.82) is 0 Å². The first kappa shape index (κ1) is 40.1. The van der Waals surface area contributed by atoms with Crippen LogP contribution >= 0.6 is 11.8 Å². The molecule has 49 heavy (non-hydrogen) atoms. The molecule has 0 spiro atoms. The second-order valence-electron chi connectivity index (χ2n) is 13.7. The Hall–Kier alpha value is -3.37. The Kier molecular flexibility index (Phi) is 17.2. The molecule has 0 heterocycles. The van der Waals surface area contributed by atoms with Crippen molar-refractivity contribution in [1.82, 2.24) is 5.32 Å². The lowest BCUT2D eigenvalue weighted by molar-refractivity contribution is -0.154. The number of carbonyl (C=O) groups is 4. The van der Waals surface area contributed by atoms with Gasteiger partial charge in [-0.15, -0.1) is 0 Å². The lowest BCUT2D eigenvalue weighted by atomic mass is 9.98. The maximum atomic E-state index is 13.3. The third-order valence-electron chi connectivity index (χ3n) is 8.46. The van der Waals surface area contributed by atoms with Crippen LogP contribution in [0.25, 0.3) is 11.1 Å². The van der Waals surface area contributed by atoms with Crippen LogP contribution in [0.1, 0.15) is 88.7 Å². The molecular weight excluding hydrogens is 655 g/mol. The van der Waals surface area contributed by atoms with E-state index in [9.17, 15) is 19.2 Å². The van der Waals surface area contributed by atoms with E-state index in [1.807, 2.05) is 42.5 Å². The van der Waals surface area contributed by atoms with Gasteiger partial charge in [-0.05, 0) is 53.6 Å². The third-order valence-corrected chi connectivity index (χ3v) is 11.1. The monoisotopic (exact) mass is 709 g/mol. The van der Waals surface area contributed by atoms with Gasteiger partial charge in [0.25, 0.3) is 0 Å². The normalized spacial score (nSPS) is 13.7. The molecule has 0 unspecified atom stereocenters. The quantitative estimate of drug-likeness (QED) is 0.0450. The largest absolute Gasteiger partial charge is 0.466 e. The molecule has 0 saturated heterocycles. The molecule has 3 rings (SSSR count). The molecule has 10 heteroatoms. The number of ether oxygens (including phenoxy) is 3. The van der Waals surface area contributed by atoms with Gasteiger partial charge >= 0.3 is 18.0 Å². The first-order valence-corrected chi connectivity index (χ1v) is 22.5. The summed E-state index contributed by atoms with van der Waals surface area (Å²) in [5.74, 6) is -0.614. The zero-order valence-corrected chi connectivity index (χ0v) is 31.8. The highest BCUT2D eigenvalue weighted by Crippen LogP contribution is 2.44. The lowest BCUT2D eigenvalue weighted by Gasteiger charge is -2.21. The van der Waals surface area contributed by atoms with Crippen molar-refractivity contribution >= 4 is 43.0 Å². The fourth-order valence-electron chi connectivity index (χ4n) is 5.62. The summed E-state index contributed by atoms with van der Waals surface area (Å²) in [6, 6.07) is 16.0. The van der Waals surface area contributed by atoms with E-state index in [4.69, 9.17) is 14.2 Å². The number of nitrogens with one attached hydrogen (secondary N) is 1. The Balaban J connectivity index is 1.54. The SMILES string of the molecule is CCCCCCCC(=O)SCCC=C[C@H](CC(=O)OCC[Si](C)(C)C)OC(=O)[C@H](CC)NC(=O)OCC1c2ccccc2-c2ccccc21. The standard InChI is InChI=1S/C39H55NO7SSi/c1-6-8-9-10-11-23-37(42)48-25-17-16-18-29(27-36(41)45-24-26-49(3,4)5)47-38(43)35(7-2)40-39(44)46-28-34-32-21-14-12-19-30(32)31-20-13-15-22-33(31)34/h12-16,18-22,29,34-35H,6-11,17,23-28H2,1-5H3,(H,40,44)/t29-,35+/m1/s1. The topological polar surface area (TPSA) is 108 Å². The second-order valence-corrected chi connectivity index (χ2v) is 20.5. The van der Waals surface area contributed by atoms with E-state index in [-0.39, 0.29) is 30.5 Å². The first-order chi connectivity index (χ1) is 23.5. The summed E-state index contributed by atoms with van der Waals surface area (Å²) in [6.07, 6.45) is 8.76. The van der Waals surface area contributed by atoms with Gasteiger partial charge in [-0.1, -0.05) is 126 Å². The van der Waals surface area contributed by atoms with Gasteiger partial charge in [0.15, 0.2) is 5.12 Å². The number of esters is 2. The predicted molar refractivity (Wildman–Crippen MR) is 200 cm³/mol. The highest BCUT2D eigenvalue weighted by Gasteiger charge is 2.30. The van der Waals surface area contributed by atoms with Crippen LogP contribution in [0, 0.1) is 0 Å². The van der Waals surface area contributed by atoms with Gasteiger partial charge in [0, 0.05) is 26.2 Å². The summed E-state index contributed by atoms with van der Waals surface area (Å²) in [6.45, 7) is 11.0. The van der Waals surface area contributed by atoms with E-state index in [0.717, 1.165) is 47.6 Å². The number of hydrogen-bond donors (Lipinski definition) is 1. The molecule has 2 aromatic rings. The fraction of sp³-hybridized carbons (Fsp3) is 0.538. The number of hydrogen-bond acceptors (Lipinski definition) is 8. The maximum absolute atomic E-state index is 13.3. The van der Waals surface area contributed by atoms with Crippen LogP contribution in [0.4, 0.5) is 4.79 Å². The molecule has 2 aromatic carbocycles. The number of fused-ring (bicyclic) bond motifs is 3. The van der Waals surface area contributed by atoms with E-state index in [1.54, 1.807) is 13.0 Å². The number of benzene rings is 2. The van der Waals surface area contributed by atoms with Gasteiger partial charge in [-0.25, -0.2) is 9.59 Å². The summed E-state index contributed by atoms with van der Waals surface area (Å²) in [7, 11) is -1.39. The number of rotatable bonds is 21. The summed E-state index contributed by atoms with van der Waals surface area (Å²) in [4.78, 5) is 51.1. The van der Waals surface area contributed by atoms with Crippen LogP contribution in [-0.2, 0) is 28.6 Å².